The molecule has 0 radical (unpaired) electrons. The van der Waals surface area contributed by atoms with Crippen LogP contribution in [0.1, 0.15) is 6.30 Å². The van der Waals surface area contributed by atoms with Crippen LogP contribution in [0.2, 0.25) is 0 Å². The molecule has 16 heavy (non-hydrogen) atoms. The van der Waals surface area contributed by atoms with Crippen LogP contribution in [0.3, 0.4) is 0 Å². The maximum Gasteiger partial charge on any atom is 0.360 e. The van der Waals surface area contributed by atoms with Crippen molar-refractivity contribution in [3.63, 3.8) is 0 Å². The Bertz CT molecular complexity index is 560. The average molecular weight is 233 g/mol. The van der Waals surface area contributed by atoms with Crippen molar-refractivity contribution >= 4 is 11.7 Å². The zero-order valence-electron chi connectivity index (χ0n) is 7.42. The van der Waals surface area contributed by atoms with Crippen molar-refractivity contribution in [3.05, 3.63) is 37.1 Å². The molecule has 9 nitrogen and oxygen atoms in total. The van der Waals surface area contributed by atoms with Crippen molar-refractivity contribution in [2.45, 2.75) is 6.30 Å². The van der Waals surface area contributed by atoms with E-state index in [0.29, 0.717) is 0 Å². The summed E-state index contributed by atoms with van der Waals surface area (Å²) < 4.78 is 12.8. The highest BCUT2D eigenvalue weighted by Gasteiger charge is 2.23. The summed E-state index contributed by atoms with van der Waals surface area (Å²) in [5.74, 6) is -2.01. The number of nitrogens with zero attached hydrogens (tertiary/aromatic N) is 2. The van der Waals surface area contributed by atoms with Gasteiger partial charge in [0.1, 0.15) is 0 Å². The molecule has 0 bridgehead atoms. The lowest BCUT2D eigenvalue weighted by Crippen LogP contribution is -2.34. The Kier molecular flexibility index (Phi) is 2.83. The van der Waals surface area contributed by atoms with Crippen molar-refractivity contribution < 1.29 is 19.2 Å². The minimum atomic E-state index is -2.80. The Labute approximate surface area is 84.9 Å². The van der Waals surface area contributed by atoms with E-state index in [0.717, 1.165) is 0 Å². The van der Waals surface area contributed by atoms with Crippen LogP contribution in [-0.2, 0) is 4.79 Å². The molecule has 10 heteroatoms. The van der Waals surface area contributed by atoms with E-state index in [2.05, 4.69) is 0 Å². The second-order valence-corrected chi connectivity index (χ2v) is 2.61. The molecule has 1 heterocycles. The van der Waals surface area contributed by atoms with Crippen LogP contribution in [-0.4, -0.2) is 25.6 Å². The van der Waals surface area contributed by atoms with E-state index >= 15 is 0 Å². The topological polar surface area (TPSA) is 135 Å². The Balaban J connectivity index is 3.48. The Morgan fingerprint density at radius 2 is 2.19 bits per heavy atom. The van der Waals surface area contributed by atoms with Gasteiger partial charge in [-0.05, 0) is 0 Å². The van der Waals surface area contributed by atoms with E-state index in [1.165, 1.54) is 4.98 Å². The van der Waals surface area contributed by atoms with E-state index in [-0.39, 0.29) is 10.8 Å². The lowest BCUT2D eigenvalue weighted by molar-refractivity contribution is -0.386. The fraction of sp³-hybridized carbons (Fsp3) is 0.167. The number of alkyl halides is 1. The Morgan fingerprint density at radius 1 is 1.62 bits per heavy atom. The number of aromatic amines is 1. The van der Waals surface area contributed by atoms with Gasteiger partial charge in [-0.1, -0.05) is 0 Å². The number of hydrogen-bond acceptors (Lipinski definition) is 5. The summed E-state index contributed by atoms with van der Waals surface area (Å²) in [6.45, 7) is 0. The molecule has 0 fully saturated rings. The molecule has 0 spiro atoms. The minimum absolute atomic E-state index is 0.0954. The highest BCUT2D eigenvalue weighted by Crippen LogP contribution is 2.07. The summed E-state index contributed by atoms with van der Waals surface area (Å²) in [5.41, 5.74) is -3.84. The first-order chi connectivity index (χ1) is 7.34. The number of carboxylic acids is 1. The smallest absolute Gasteiger partial charge is 0.360 e. The van der Waals surface area contributed by atoms with Crippen LogP contribution in [0.25, 0.3) is 0 Å². The zero-order chi connectivity index (χ0) is 12.5. The summed E-state index contributed by atoms with van der Waals surface area (Å²) in [5, 5.41) is 18.5. The van der Waals surface area contributed by atoms with Gasteiger partial charge in [0.15, 0.2) is 0 Å². The van der Waals surface area contributed by atoms with Crippen molar-refractivity contribution in [2.24, 2.45) is 0 Å². The van der Waals surface area contributed by atoms with E-state index < -0.39 is 34.1 Å². The third kappa shape index (κ3) is 1.94. The summed E-state index contributed by atoms with van der Waals surface area (Å²) >= 11 is 0. The fourth-order valence-electron chi connectivity index (χ4n) is 0.892. The molecule has 86 valence electrons. The first-order valence-electron chi connectivity index (χ1n) is 3.71. The number of nitrogens with one attached hydrogen (secondary N) is 1. The zero-order valence-corrected chi connectivity index (χ0v) is 7.42. The van der Waals surface area contributed by atoms with Crippen LogP contribution >= 0.6 is 0 Å². The largest absolute Gasteiger partial charge is 0.478 e. The first-order valence-corrected chi connectivity index (χ1v) is 3.71. The standard InChI is InChI=1S/C6H4FN3O6/c7-3(5(12)13)9-1-2(10(15)16)4(11)8-6(9)14/h1,3H,(H,12,13)(H,8,11,14). The number of H-pyrrole nitrogens is 1. The molecule has 1 atom stereocenters. The van der Waals surface area contributed by atoms with Gasteiger partial charge in [0.25, 0.3) is 6.30 Å². The van der Waals surface area contributed by atoms with Crippen LogP contribution in [0.15, 0.2) is 15.8 Å². The van der Waals surface area contributed by atoms with Crippen molar-refractivity contribution in [1.29, 1.82) is 0 Å². The van der Waals surface area contributed by atoms with E-state index in [1.54, 1.807) is 0 Å². The number of nitro groups is 1. The quantitative estimate of drug-likeness (QED) is 0.507. The lowest BCUT2D eigenvalue weighted by atomic mass is 10.5. The maximum atomic E-state index is 12.9. The first kappa shape index (κ1) is 11.6. The van der Waals surface area contributed by atoms with E-state index in [9.17, 15) is 28.9 Å². The Morgan fingerprint density at radius 3 is 2.62 bits per heavy atom. The highest BCUT2D eigenvalue weighted by molar-refractivity contribution is 5.70. The number of hydrogen-bond donors (Lipinski definition) is 2. The number of aromatic nitrogens is 2. The molecule has 0 amide bonds. The Hall–Kier alpha value is -2.52. The van der Waals surface area contributed by atoms with Gasteiger partial charge in [0.2, 0.25) is 0 Å². The van der Waals surface area contributed by atoms with Gasteiger partial charge in [-0.15, -0.1) is 0 Å². The fourth-order valence-corrected chi connectivity index (χ4v) is 0.892. The second kappa shape index (κ2) is 3.92. The molecule has 0 aliphatic rings. The normalized spacial score (nSPS) is 12.1. The maximum absolute atomic E-state index is 12.9. The van der Waals surface area contributed by atoms with Crippen LogP contribution in [0.4, 0.5) is 10.1 Å². The third-order valence-electron chi connectivity index (χ3n) is 1.59. The predicted molar refractivity (Wildman–Crippen MR) is 45.8 cm³/mol. The van der Waals surface area contributed by atoms with Gasteiger partial charge >= 0.3 is 22.9 Å². The molecule has 1 unspecified atom stereocenters. The third-order valence-corrected chi connectivity index (χ3v) is 1.59. The van der Waals surface area contributed by atoms with Gasteiger partial charge in [-0.25, -0.2) is 14.0 Å². The number of carboxylic acid groups (broad SMARTS) is 1. The molecule has 0 aliphatic heterocycles. The average Bonchev–Trinajstić information content (AvgIpc) is 2.16. The highest BCUT2D eigenvalue weighted by atomic mass is 19.1. The molecule has 1 rings (SSSR count). The van der Waals surface area contributed by atoms with Crippen molar-refractivity contribution in [1.82, 2.24) is 9.55 Å². The molecule has 1 aromatic rings. The van der Waals surface area contributed by atoms with Crippen LogP contribution < -0.4 is 11.2 Å². The molecule has 0 aromatic carbocycles. The van der Waals surface area contributed by atoms with Crippen molar-refractivity contribution in [2.75, 3.05) is 0 Å². The SMILES string of the molecule is O=C(O)C(F)n1cc([N+](=O)[O-])c(=O)[nH]c1=O. The minimum Gasteiger partial charge on any atom is -0.478 e. The summed E-state index contributed by atoms with van der Waals surface area (Å²) in [6.07, 6.45) is -2.57. The summed E-state index contributed by atoms with van der Waals surface area (Å²) in [4.78, 5) is 42.6. The van der Waals surface area contributed by atoms with Gasteiger partial charge in [-0.2, -0.15) is 0 Å². The van der Waals surface area contributed by atoms with Crippen LogP contribution in [0.5, 0.6) is 0 Å². The van der Waals surface area contributed by atoms with Gasteiger partial charge in [-0.3, -0.25) is 24.5 Å². The second-order valence-electron chi connectivity index (χ2n) is 2.61. The molecule has 0 saturated heterocycles. The lowest BCUT2D eigenvalue weighted by Gasteiger charge is -2.05. The number of aliphatic carboxylic acids is 1. The summed E-state index contributed by atoms with van der Waals surface area (Å²) in [7, 11) is 0. The van der Waals surface area contributed by atoms with Gasteiger partial charge in [0.05, 0.1) is 11.1 Å². The van der Waals surface area contributed by atoms with Crippen molar-refractivity contribution in [3.8, 4) is 0 Å². The molecule has 0 saturated carbocycles. The molecule has 0 aliphatic carbocycles. The molecular weight excluding hydrogens is 229 g/mol. The number of rotatable bonds is 3. The van der Waals surface area contributed by atoms with E-state index in [1.807, 2.05) is 0 Å². The number of carbonyl (C=O) groups is 1. The molecular formula is C6H4FN3O6. The van der Waals surface area contributed by atoms with Gasteiger partial charge < -0.3 is 5.11 Å². The van der Waals surface area contributed by atoms with Gasteiger partial charge in [0, 0.05) is 0 Å². The molecule has 2 N–H and O–H groups in total. The monoisotopic (exact) mass is 233 g/mol. The van der Waals surface area contributed by atoms with Crippen LogP contribution in [0, 0.1) is 10.1 Å². The predicted octanol–water partition coefficient (Wildman–Crippen LogP) is -1.00. The molecule has 1 aromatic heterocycles. The van der Waals surface area contributed by atoms with E-state index in [4.69, 9.17) is 5.11 Å². The number of halogens is 1. The summed E-state index contributed by atoms with van der Waals surface area (Å²) in [6, 6.07) is 0.